The molecule has 0 aromatic carbocycles. The lowest BCUT2D eigenvalue weighted by Crippen LogP contribution is -2.33. The highest BCUT2D eigenvalue weighted by molar-refractivity contribution is 8.00. The predicted octanol–water partition coefficient (Wildman–Crippen LogP) is 3.28. The summed E-state index contributed by atoms with van der Waals surface area (Å²) in [6, 6.07) is 0.374. The second-order valence-corrected chi connectivity index (χ2v) is 6.51. The van der Waals surface area contributed by atoms with E-state index in [1.807, 2.05) is 11.8 Å². The maximum absolute atomic E-state index is 6.13. The molecule has 0 fully saturated rings. The Hall–Kier alpha value is 0.310. The van der Waals surface area contributed by atoms with Crippen LogP contribution in [0, 0.1) is 5.92 Å². The Bertz CT molecular complexity index is 125. The monoisotopic (exact) mass is 203 g/mol. The van der Waals surface area contributed by atoms with Crippen molar-refractivity contribution in [2.45, 2.75) is 58.2 Å². The molecule has 0 heterocycles. The van der Waals surface area contributed by atoms with Crippen LogP contribution in [0.25, 0.3) is 0 Å². The van der Waals surface area contributed by atoms with Crippen LogP contribution < -0.4 is 5.73 Å². The lowest BCUT2D eigenvalue weighted by Gasteiger charge is -2.25. The van der Waals surface area contributed by atoms with Crippen molar-refractivity contribution < 1.29 is 0 Å². The zero-order valence-electron chi connectivity index (χ0n) is 9.76. The van der Waals surface area contributed by atoms with Crippen LogP contribution >= 0.6 is 11.8 Å². The molecule has 13 heavy (non-hydrogen) atoms. The van der Waals surface area contributed by atoms with E-state index in [1.165, 1.54) is 12.8 Å². The topological polar surface area (TPSA) is 26.0 Å². The van der Waals surface area contributed by atoms with Crippen LogP contribution in [0.3, 0.4) is 0 Å². The molecule has 0 aromatic rings. The Kier molecular flexibility index (Phi) is 6.06. The second-order valence-electron chi connectivity index (χ2n) is 4.66. The van der Waals surface area contributed by atoms with Crippen LogP contribution in [0.15, 0.2) is 0 Å². The molecule has 0 rings (SSSR count). The minimum absolute atomic E-state index is 0.351. The Morgan fingerprint density at radius 2 is 1.62 bits per heavy atom. The van der Waals surface area contributed by atoms with E-state index in [1.54, 1.807) is 0 Å². The van der Waals surface area contributed by atoms with E-state index in [-0.39, 0.29) is 0 Å². The highest BCUT2D eigenvalue weighted by Crippen LogP contribution is 2.26. The summed E-state index contributed by atoms with van der Waals surface area (Å²) in [4.78, 5) is 0. The van der Waals surface area contributed by atoms with Crippen molar-refractivity contribution in [2.24, 2.45) is 11.7 Å². The van der Waals surface area contributed by atoms with Gasteiger partial charge >= 0.3 is 0 Å². The first kappa shape index (κ1) is 13.3. The SMILES string of the molecule is CCC(CC)C(N)CSC(C)(C)C. The van der Waals surface area contributed by atoms with Gasteiger partial charge in [0.15, 0.2) is 0 Å². The lowest BCUT2D eigenvalue weighted by atomic mass is 9.96. The third-order valence-corrected chi connectivity index (χ3v) is 3.78. The van der Waals surface area contributed by atoms with Gasteiger partial charge < -0.3 is 5.73 Å². The first-order chi connectivity index (χ1) is 5.90. The summed E-state index contributed by atoms with van der Waals surface area (Å²) >= 11 is 1.98. The summed E-state index contributed by atoms with van der Waals surface area (Å²) < 4.78 is 0.351. The fraction of sp³-hybridized carbons (Fsp3) is 1.00. The first-order valence-corrected chi connectivity index (χ1v) is 6.28. The normalized spacial score (nSPS) is 15.0. The quantitative estimate of drug-likeness (QED) is 0.742. The van der Waals surface area contributed by atoms with E-state index < -0.39 is 0 Å². The largest absolute Gasteiger partial charge is 0.327 e. The fourth-order valence-corrected chi connectivity index (χ4v) is 2.34. The van der Waals surface area contributed by atoms with Crippen molar-refractivity contribution in [3.8, 4) is 0 Å². The van der Waals surface area contributed by atoms with E-state index in [9.17, 15) is 0 Å². The van der Waals surface area contributed by atoms with Gasteiger partial charge in [-0.25, -0.2) is 0 Å². The van der Waals surface area contributed by atoms with Crippen LogP contribution in [0.5, 0.6) is 0 Å². The van der Waals surface area contributed by atoms with Gasteiger partial charge in [0.2, 0.25) is 0 Å². The zero-order valence-corrected chi connectivity index (χ0v) is 10.6. The van der Waals surface area contributed by atoms with Gasteiger partial charge in [0, 0.05) is 16.5 Å². The highest BCUT2D eigenvalue weighted by Gasteiger charge is 2.17. The van der Waals surface area contributed by atoms with Gasteiger partial charge in [0.1, 0.15) is 0 Å². The molecule has 2 heteroatoms. The average molecular weight is 203 g/mol. The molecule has 0 saturated carbocycles. The molecule has 1 atom stereocenters. The van der Waals surface area contributed by atoms with Crippen molar-refractivity contribution >= 4 is 11.8 Å². The lowest BCUT2D eigenvalue weighted by molar-refractivity contribution is 0.421. The molecule has 1 unspecified atom stereocenters. The van der Waals surface area contributed by atoms with Crippen molar-refractivity contribution in [3.63, 3.8) is 0 Å². The van der Waals surface area contributed by atoms with Crippen molar-refractivity contribution in [1.29, 1.82) is 0 Å². The van der Waals surface area contributed by atoms with Crippen LogP contribution in [0.1, 0.15) is 47.5 Å². The average Bonchev–Trinajstić information content (AvgIpc) is 2.02. The van der Waals surface area contributed by atoms with Gasteiger partial charge in [-0.05, 0) is 5.92 Å². The van der Waals surface area contributed by atoms with E-state index in [4.69, 9.17) is 5.73 Å². The van der Waals surface area contributed by atoms with Gasteiger partial charge in [-0.2, -0.15) is 11.8 Å². The van der Waals surface area contributed by atoms with Gasteiger partial charge in [-0.15, -0.1) is 0 Å². The summed E-state index contributed by atoms with van der Waals surface area (Å²) in [6.07, 6.45) is 2.42. The minimum Gasteiger partial charge on any atom is -0.327 e. The number of nitrogens with two attached hydrogens (primary N) is 1. The maximum Gasteiger partial charge on any atom is 0.0158 e. The molecule has 2 N–H and O–H groups in total. The van der Waals surface area contributed by atoms with Crippen LogP contribution in [-0.2, 0) is 0 Å². The third-order valence-electron chi connectivity index (χ3n) is 2.36. The molecule has 80 valence electrons. The molecular formula is C11H25NS. The zero-order chi connectivity index (χ0) is 10.5. The molecule has 0 aromatic heterocycles. The number of thioether (sulfide) groups is 1. The van der Waals surface area contributed by atoms with Gasteiger partial charge in [0.05, 0.1) is 0 Å². The van der Waals surface area contributed by atoms with Crippen LogP contribution in [0.4, 0.5) is 0 Å². The summed E-state index contributed by atoms with van der Waals surface area (Å²) in [5.74, 6) is 1.80. The molecule has 0 saturated heterocycles. The van der Waals surface area contributed by atoms with E-state index in [0.29, 0.717) is 16.7 Å². The van der Waals surface area contributed by atoms with E-state index >= 15 is 0 Å². The Labute approximate surface area is 87.9 Å². The van der Waals surface area contributed by atoms with Crippen LogP contribution in [0.2, 0.25) is 0 Å². The summed E-state index contributed by atoms with van der Waals surface area (Å²) in [5.41, 5.74) is 6.13. The third kappa shape index (κ3) is 6.39. The van der Waals surface area contributed by atoms with Crippen molar-refractivity contribution in [1.82, 2.24) is 0 Å². The summed E-state index contributed by atoms with van der Waals surface area (Å²) in [7, 11) is 0. The van der Waals surface area contributed by atoms with E-state index in [2.05, 4.69) is 34.6 Å². The fourth-order valence-electron chi connectivity index (χ4n) is 1.38. The van der Waals surface area contributed by atoms with E-state index in [0.717, 1.165) is 5.75 Å². The molecule has 0 bridgehead atoms. The summed E-state index contributed by atoms with van der Waals surface area (Å²) in [5, 5.41) is 0. The molecular weight excluding hydrogens is 178 g/mol. The second kappa shape index (κ2) is 5.92. The number of hydrogen-bond donors (Lipinski definition) is 1. The Morgan fingerprint density at radius 3 is 1.92 bits per heavy atom. The van der Waals surface area contributed by atoms with Crippen molar-refractivity contribution in [3.05, 3.63) is 0 Å². The molecule has 0 spiro atoms. The number of hydrogen-bond acceptors (Lipinski definition) is 2. The maximum atomic E-state index is 6.13. The summed E-state index contributed by atoms with van der Waals surface area (Å²) in [6.45, 7) is 11.2. The first-order valence-electron chi connectivity index (χ1n) is 5.30. The Morgan fingerprint density at radius 1 is 1.15 bits per heavy atom. The number of rotatable bonds is 5. The van der Waals surface area contributed by atoms with Gasteiger partial charge in [0.25, 0.3) is 0 Å². The minimum atomic E-state index is 0.351. The van der Waals surface area contributed by atoms with Gasteiger partial charge in [-0.3, -0.25) is 0 Å². The molecule has 0 aliphatic rings. The van der Waals surface area contributed by atoms with Crippen LogP contribution in [-0.4, -0.2) is 16.5 Å². The smallest absolute Gasteiger partial charge is 0.0158 e. The standard InChI is InChI=1S/C11H25NS/c1-6-9(7-2)10(12)8-13-11(3,4)5/h9-10H,6-8,12H2,1-5H3. The molecule has 0 aliphatic heterocycles. The molecule has 1 nitrogen and oxygen atoms in total. The van der Waals surface area contributed by atoms with Gasteiger partial charge in [-0.1, -0.05) is 47.5 Å². The Balaban J connectivity index is 3.78. The molecule has 0 amide bonds. The van der Waals surface area contributed by atoms with Crippen molar-refractivity contribution in [2.75, 3.05) is 5.75 Å². The highest BCUT2D eigenvalue weighted by atomic mass is 32.2. The predicted molar refractivity (Wildman–Crippen MR) is 64.3 cm³/mol. The molecule has 0 aliphatic carbocycles. The molecule has 0 radical (unpaired) electrons.